The van der Waals surface area contributed by atoms with Crippen LogP contribution < -0.4 is 16.0 Å². The molecule has 0 unspecified atom stereocenters. The Morgan fingerprint density at radius 3 is 2.03 bits per heavy atom. The number of rotatable bonds is 28. The molecule has 0 saturated carbocycles. The summed E-state index contributed by atoms with van der Waals surface area (Å²) in [6, 6.07) is 11.8. The highest BCUT2D eigenvalue weighted by Crippen LogP contribution is 2.30. The van der Waals surface area contributed by atoms with E-state index in [1.165, 1.54) is 41.0 Å². The summed E-state index contributed by atoms with van der Waals surface area (Å²) in [5, 5.41) is 31.4. The first kappa shape index (κ1) is 61.4. The van der Waals surface area contributed by atoms with Crippen LogP contribution in [0, 0.1) is 23.7 Å². The molecule has 0 spiro atoms. The smallest absolute Gasteiger partial charge is 0.410 e. The van der Waals surface area contributed by atoms with Crippen molar-refractivity contribution in [1.82, 2.24) is 30.2 Å². The fraction of sp³-hybridized carbons (Fsp3) is 0.607. The monoisotopic (exact) mass is 1050 g/mol. The van der Waals surface area contributed by atoms with E-state index in [9.17, 15) is 48.6 Å². The Morgan fingerprint density at radius 1 is 0.800 bits per heavy atom. The van der Waals surface area contributed by atoms with Gasteiger partial charge in [-0.15, -0.1) is 0 Å². The molecule has 0 bridgehead atoms. The molecule has 8 amide bonds. The molecule has 0 aliphatic carbocycles. The third-order valence-electron chi connectivity index (χ3n) is 14.6. The summed E-state index contributed by atoms with van der Waals surface area (Å²) >= 11 is 0. The number of aliphatic hydroxyl groups is 2. The normalized spacial score (nSPS) is 18.1. The predicted molar refractivity (Wildman–Crippen MR) is 283 cm³/mol. The van der Waals surface area contributed by atoms with Crippen LogP contribution in [0.4, 0.5) is 10.5 Å². The van der Waals surface area contributed by atoms with Crippen LogP contribution in [-0.2, 0) is 49.6 Å². The lowest BCUT2D eigenvalue weighted by Gasteiger charge is -2.40. The lowest BCUT2D eigenvalue weighted by atomic mass is 9.89. The fourth-order valence-electron chi connectivity index (χ4n) is 10.0. The molecule has 19 nitrogen and oxygen atoms in total. The number of ether oxygens (including phenoxy) is 2. The molecule has 10 atom stereocenters. The zero-order chi connectivity index (χ0) is 55.7. The highest BCUT2D eigenvalue weighted by Gasteiger charge is 2.43. The molecule has 2 heterocycles. The number of hydrogen-bond donors (Lipinski definition) is 5. The first-order chi connectivity index (χ1) is 35.5. The average molecular weight is 1050 g/mol. The Bertz CT molecular complexity index is 2260. The number of imide groups is 1. The molecule has 1 fully saturated rings. The Labute approximate surface area is 443 Å². The minimum Gasteiger partial charge on any atom is -0.445 e. The Hall–Kier alpha value is -6.18. The van der Waals surface area contributed by atoms with E-state index in [-0.39, 0.29) is 54.9 Å². The number of methoxy groups -OCH3 is 1. The van der Waals surface area contributed by atoms with Gasteiger partial charge in [0.2, 0.25) is 29.5 Å². The van der Waals surface area contributed by atoms with Crippen LogP contribution in [0.15, 0.2) is 66.7 Å². The summed E-state index contributed by atoms with van der Waals surface area (Å²) in [6.45, 7) is 15.0. The van der Waals surface area contributed by atoms with E-state index in [1.807, 2.05) is 32.0 Å². The van der Waals surface area contributed by atoms with Crippen LogP contribution in [0.25, 0.3) is 0 Å². The van der Waals surface area contributed by atoms with Crippen molar-refractivity contribution >= 4 is 53.1 Å². The number of nitrogens with zero attached hydrogens (tertiary/aromatic N) is 4. The van der Waals surface area contributed by atoms with Crippen molar-refractivity contribution in [2.24, 2.45) is 23.7 Å². The molecule has 2 aliphatic rings. The van der Waals surface area contributed by atoms with Gasteiger partial charge in [0.1, 0.15) is 18.7 Å². The van der Waals surface area contributed by atoms with Crippen LogP contribution in [0.1, 0.15) is 124 Å². The number of likely N-dealkylation sites (N-methyl/N-ethyl adjacent to an activating group) is 2. The summed E-state index contributed by atoms with van der Waals surface area (Å²) in [5.41, 5.74) is 1.85. The van der Waals surface area contributed by atoms with E-state index in [4.69, 9.17) is 9.47 Å². The number of anilines is 1. The maximum absolute atomic E-state index is 14.5. The Morgan fingerprint density at radius 2 is 1.44 bits per heavy atom. The molecule has 75 heavy (non-hydrogen) atoms. The summed E-state index contributed by atoms with van der Waals surface area (Å²) in [5.74, 6) is -4.35. The second kappa shape index (κ2) is 29.2. The largest absolute Gasteiger partial charge is 0.445 e. The molecule has 1 saturated heterocycles. The SMILES string of the molecule is CC[C@H](C)[C@@H]([C@H](O)CC(=O)N1CCC[C@H]1[C@H](OC)[C@@H](C)C(=O)N[C@H](C)[C@@H](O)c1ccccc1)N(C)C(=O)[C@@H](NC(=O)[C@H](C(C)C)N(C)C(=O)OCc1ccc(NC(=O)CCCCCN2C(=O)C=CC2=O)cc1)C(C)C. The van der Waals surface area contributed by atoms with E-state index >= 15 is 0 Å². The lowest BCUT2D eigenvalue weighted by molar-refractivity contribution is -0.147. The van der Waals surface area contributed by atoms with Gasteiger partial charge in [-0.2, -0.15) is 0 Å². The van der Waals surface area contributed by atoms with Crippen molar-refractivity contribution in [3.05, 3.63) is 77.9 Å². The van der Waals surface area contributed by atoms with Crippen molar-refractivity contribution in [3.8, 4) is 0 Å². The van der Waals surface area contributed by atoms with Gasteiger partial charge in [0.05, 0.1) is 48.8 Å². The van der Waals surface area contributed by atoms with Crippen molar-refractivity contribution in [3.63, 3.8) is 0 Å². The number of aliphatic hydroxyl groups excluding tert-OH is 2. The van der Waals surface area contributed by atoms with Gasteiger partial charge >= 0.3 is 6.09 Å². The third kappa shape index (κ3) is 16.9. The molecule has 0 radical (unpaired) electrons. The first-order valence-electron chi connectivity index (χ1n) is 26.4. The first-order valence-corrected chi connectivity index (χ1v) is 26.4. The lowest BCUT2D eigenvalue weighted by Crippen LogP contribution is -2.60. The van der Waals surface area contributed by atoms with E-state index in [0.29, 0.717) is 68.4 Å². The summed E-state index contributed by atoms with van der Waals surface area (Å²) in [6.07, 6.45) is 2.41. The van der Waals surface area contributed by atoms with Gasteiger partial charge in [-0.3, -0.25) is 43.4 Å². The summed E-state index contributed by atoms with van der Waals surface area (Å²) in [4.78, 5) is 111. The standard InChI is InChI=1S/C56H83N7O12/c1-12-36(6)50(43(64)32-47(68)62-31-19-22-42(62)52(74-11)37(7)53(70)57-38(8)51(69)40-20-15-13-16-21-40)60(9)55(72)48(34(2)3)59-54(71)49(35(4)5)61(10)56(73)75-33-39-24-26-41(27-25-39)58-44(65)23-17-14-18-30-63-45(66)28-29-46(63)67/h13,15-16,20-21,24-29,34-38,42-43,48-52,64,69H,12,14,17-19,22-23,30-33H2,1-11H3,(H,57,70)(H,58,65)(H,59,71)/t36-,37+,38+,42-,43+,48-,49-,50-,51+,52+/m0/s1. The molecular weight excluding hydrogens is 963 g/mol. The molecular formula is C56H83N7O12. The number of amides is 8. The number of nitrogens with one attached hydrogen (secondary N) is 3. The van der Waals surface area contributed by atoms with E-state index in [2.05, 4.69) is 16.0 Å². The predicted octanol–water partition coefficient (Wildman–Crippen LogP) is 5.35. The maximum atomic E-state index is 14.5. The highest BCUT2D eigenvalue weighted by molar-refractivity contribution is 6.12. The van der Waals surface area contributed by atoms with Crippen molar-refractivity contribution in [2.45, 2.75) is 162 Å². The summed E-state index contributed by atoms with van der Waals surface area (Å²) in [7, 11) is 4.50. The zero-order valence-corrected chi connectivity index (χ0v) is 45.8. The van der Waals surface area contributed by atoms with Crippen LogP contribution >= 0.6 is 0 Å². The maximum Gasteiger partial charge on any atom is 0.410 e. The number of carbonyl (C=O) groups is 8. The topological polar surface area (TPSA) is 245 Å². The molecule has 2 aromatic rings. The van der Waals surface area contributed by atoms with Crippen LogP contribution in [-0.4, -0.2) is 154 Å². The quantitative estimate of drug-likeness (QED) is 0.0535. The van der Waals surface area contributed by atoms with Crippen molar-refractivity contribution in [2.75, 3.05) is 39.6 Å². The van der Waals surface area contributed by atoms with Gasteiger partial charge in [-0.05, 0) is 73.6 Å². The molecule has 414 valence electrons. The van der Waals surface area contributed by atoms with Gasteiger partial charge in [0, 0.05) is 58.6 Å². The van der Waals surface area contributed by atoms with Crippen molar-refractivity contribution in [1.29, 1.82) is 0 Å². The van der Waals surface area contributed by atoms with E-state index < -0.39 is 84.2 Å². The summed E-state index contributed by atoms with van der Waals surface area (Å²) < 4.78 is 11.5. The van der Waals surface area contributed by atoms with Gasteiger partial charge in [-0.25, -0.2) is 4.79 Å². The minimum absolute atomic E-state index is 0.122. The highest BCUT2D eigenvalue weighted by atomic mass is 16.6. The van der Waals surface area contributed by atoms with Crippen LogP contribution in [0.3, 0.4) is 0 Å². The van der Waals surface area contributed by atoms with Gasteiger partial charge in [0.15, 0.2) is 0 Å². The number of hydrogen-bond acceptors (Lipinski definition) is 12. The molecule has 19 heteroatoms. The van der Waals surface area contributed by atoms with Crippen LogP contribution in [0.2, 0.25) is 0 Å². The average Bonchev–Trinajstić information content (AvgIpc) is 4.00. The number of likely N-dealkylation sites (tertiary alicyclic amines) is 1. The zero-order valence-electron chi connectivity index (χ0n) is 45.8. The van der Waals surface area contributed by atoms with E-state index in [0.717, 1.165) is 0 Å². The van der Waals surface area contributed by atoms with E-state index in [1.54, 1.807) is 89.9 Å². The van der Waals surface area contributed by atoms with Gasteiger partial charge < -0.3 is 45.4 Å². The van der Waals surface area contributed by atoms with Gasteiger partial charge in [0.25, 0.3) is 11.8 Å². The second-order valence-corrected chi connectivity index (χ2v) is 20.8. The molecule has 2 aliphatic heterocycles. The molecule has 2 aromatic carbocycles. The molecule has 0 aromatic heterocycles. The third-order valence-corrected chi connectivity index (χ3v) is 14.6. The van der Waals surface area contributed by atoms with Crippen molar-refractivity contribution < 1.29 is 58.0 Å². The molecule has 5 N–H and O–H groups in total. The number of carbonyl (C=O) groups excluding carboxylic acids is 8. The number of benzene rings is 2. The minimum atomic E-state index is -1.29. The Balaban J connectivity index is 1.32. The molecule has 4 rings (SSSR count). The number of unbranched alkanes of at least 4 members (excludes halogenated alkanes) is 2. The van der Waals surface area contributed by atoms with Gasteiger partial charge in [-0.1, -0.05) is 104 Å². The van der Waals surface area contributed by atoms with Crippen LogP contribution in [0.5, 0.6) is 0 Å². The Kier molecular flexibility index (Phi) is 23.9. The fourth-order valence-corrected chi connectivity index (χ4v) is 10.0. The second-order valence-electron chi connectivity index (χ2n) is 20.8.